The predicted molar refractivity (Wildman–Crippen MR) is 183 cm³/mol. The number of aryl methyl sites for hydroxylation is 3. The zero-order chi connectivity index (χ0) is 30.8. The topological polar surface area (TPSA) is 88.1 Å². The van der Waals surface area contributed by atoms with E-state index < -0.39 is 0 Å². The highest BCUT2D eigenvalue weighted by Crippen LogP contribution is 2.43. The Hall–Kier alpha value is -2.45. The fourth-order valence-electron chi connectivity index (χ4n) is 6.33. The number of anilines is 2. The van der Waals surface area contributed by atoms with Gasteiger partial charge in [-0.3, -0.25) is 0 Å². The van der Waals surface area contributed by atoms with Crippen LogP contribution in [0, 0.1) is 19.7 Å². The van der Waals surface area contributed by atoms with Crippen LogP contribution in [0.2, 0.25) is 0 Å². The highest BCUT2D eigenvalue weighted by atomic mass is 127. The molecule has 0 bridgehead atoms. The molecule has 3 aliphatic rings. The number of aliphatic hydroxyl groups excluding tert-OH is 1. The maximum absolute atomic E-state index is 15.6. The molecule has 2 aliphatic heterocycles. The molecule has 1 saturated heterocycles. The molecular formula is C31H42FIN8OS. The summed E-state index contributed by atoms with van der Waals surface area (Å²) in [5.41, 5.74) is 7.11. The second kappa shape index (κ2) is 13.7. The minimum absolute atomic E-state index is 0.150. The number of rotatable bonds is 5. The summed E-state index contributed by atoms with van der Waals surface area (Å²) < 4.78 is 19.3. The molecule has 1 aromatic carbocycles. The van der Waals surface area contributed by atoms with Gasteiger partial charge in [-0.1, -0.05) is 19.9 Å². The summed E-state index contributed by atoms with van der Waals surface area (Å²) in [4.78, 5) is 15.1. The lowest BCUT2D eigenvalue weighted by molar-refractivity contribution is 0.399. The van der Waals surface area contributed by atoms with E-state index in [1.165, 1.54) is 6.42 Å². The van der Waals surface area contributed by atoms with Crippen molar-refractivity contribution < 1.29 is 9.50 Å². The SMILES string of the molecule is CC.CO.Cc1ccc2c(c(C)nn2SI)c1-c1nc2c(c(N3CCCCC3)n1)CN(c1c(F)c(C3CC3)nn1C)CC2. The summed E-state index contributed by atoms with van der Waals surface area (Å²) in [6.45, 7) is 11.5. The van der Waals surface area contributed by atoms with E-state index in [0.29, 0.717) is 24.6 Å². The van der Waals surface area contributed by atoms with E-state index in [0.717, 1.165) is 103 Å². The molecule has 2 fully saturated rings. The van der Waals surface area contributed by atoms with E-state index in [1.54, 1.807) is 13.8 Å². The Morgan fingerprint density at radius 1 is 0.977 bits per heavy atom. The largest absolute Gasteiger partial charge is 0.400 e. The van der Waals surface area contributed by atoms with E-state index in [2.05, 4.69) is 62.1 Å². The quantitative estimate of drug-likeness (QED) is 0.223. The van der Waals surface area contributed by atoms with Crippen LogP contribution in [-0.4, -0.2) is 60.8 Å². The van der Waals surface area contributed by atoms with E-state index in [-0.39, 0.29) is 11.7 Å². The smallest absolute Gasteiger partial charge is 0.188 e. The lowest BCUT2D eigenvalue weighted by Gasteiger charge is -2.35. The van der Waals surface area contributed by atoms with Crippen LogP contribution >= 0.6 is 30.3 Å². The second-order valence-electron chi connectivity index (χ2n) is 11.1. The average Bonchev–Trinajstić information content (AvgIpc) is 3.78. The molecule has 43 heavy (non-hydrogen) atoms. The van der Waals surface area contributed by atoms with Crippen LogP contribution in [0.1, 0.15) is 80.1 Å². The Morgan fingerprint density at radius 2 is 1.70 bits per heavy atom. The Bertz CT molecular complexity index is 1590. The number of halogens is 2. The van der Waals surface area contributed by atoms with Gasteiger partial charge in [0.15, 0.2) is 17.5 Å². The zero-order valence-electron chi connectivity index (χ0n) is 26.0. The Kier molecular flexibility index (Phi) is 10.2. The van der Waals surface area contributed by atoms with Crippen molar-refractivity contribution in [1.29, 1.82) is 0 Å². The normalized spacial score (nSPS) is 16.4. The number of aromatic nitrogens is 6. The van der Waals surface area contributed by atoms with Gasteiger partial charge in [0.1, 0.15) is 11.5 Å². The van der Waals surface area contributed by atoms with Crippen LogP contribution in [0.25, 0.3) is 22.3 Å². The minimum Gasteiger partial charge on any atom is -0.400 e. The van der Waals surface area contributed by atoms with Gasteiger partial charge in [0.05, 0.1) is 16.9 Å². The molecule has 0 radical (unpaired) electrons. The van der Waals surface area contributed by atoms with Gasteiger partial charge in [0, 0.05) is 99.5 Å². The molecule has 1 aliphatic carbocycles. The van der Waals surface area contributed by atoms with Gasteiger partial charge >= 0.3 is 0 Å². The summed E-state index contributed by atoms with van der Waals surface area (Å²) >= 11 is 2.27. The summed E-state index contributed by atoms with van der Waals surface area (Å²) in [7, 11) is 4.43. The van der Waals surface area contributed by atoms with Gasteiger partial charge in [-0.2, -0.15) is 14.3 Å². The number of hydrogen-bond donors (Lipinski definition) is 1. The van der Waals surface area contributed by atoms with Crippen LogP contribution in [0.4, 0.5) is 16.0 Å². The number of piperidine rings is 1. The maximum Gasteiger partial charge on any atom is 0.188 e. The third kappa shape index (κ3) is 5.98. The Labute approximate surface area is 270 Å². The molecule has 0 atom stereocenters. The molecule has 0 amide bonds. The van der Waals surface area contributed by atoms with Crippen molar-refractivity contribution in [1.82, 2.24) is 28.9 Å². The molecule has 7 rings (SSSR count). The predicted octanol–water partition coefficient (Wildman–Crippen LogP) is 6.89. The molecule has 4 aromatic rings. The van der Waals surface area contributed by atoms with Crippen molar-refractivity contribution in [2.45, 2.75) is 78.7 Å². The molecule has 1 N–H and O–H groups in total. The van der Waals surface area contributed by atoms with Crippen LogP contribution in [0.5, 0.6) is 0 Å². The Morgan fingerprint density at radius 3 is 2.37 bits per heavy atom. The van der Waals surface area contributed by atoms with Gasteiger partial charge in [0.2, 0.25) is 0 Å². The molecule has 1 saturated carbocycles. The van der Waals surface area contributed by atoms with E-state index in [9.17, 15) is 0 Å². The van der Waals surface area contributed by atoms with Crippen molar-refractivity contribution >= 4 is 52.9 Å². The van der Waals surface area contributed by atoms with Crippen molar-refractivity contribution in [2.75, 3.05) is 36.5 Å². The van der Waals surface area contributed by atoms with Gasteiger partial charge in [-0.25, -0.2) is 19.0 Å². The first-order valence-electron chi connectivity index (χ1n) is 15.3. The summed E-state index contributed by atoms with van der Waals surface area (Å²) in [5.74, 6) is 2.50. The van der Waals surface area contributed by atoms with Crippen molar-refractivity contribution in [3.8, 4) is 11.4 Å². The van der Waals surface area contributed by atoms with E-state index >= 15 is 4.39 Å². The lowest BCUT2D eigenvalue weighted by atomic mass is 9.99. The van der Waals surface area contributed by atoms with Crippen molar-refractivity contribution in [3.05, 3.63) is 46.2 Å². The van der Waals surface area contributed by atoms with Crippen LogP contribution in [-0.2, 0) is 20.0 Å². The molecule has 0 unspecified atom stereocenters. The molecule has 12 heteroatoms. The minimum atomic E-state index is -0.150. The van der Waals surface area contributed by atoms with Gasteiger partial charge < -0.3 is 14.9 Å². The standard InChI is InChI=1S/C28H32FIN8S.C2H6.CH4O/c1-16-7-10-21-23(17(2)33-38(21)39-30)22(16)26-31-20-11-14-37(28-24(29)25(18-8-9-18)34-35(28)3)15-19(20)27(32-26)36-12-5-4-6-13-36;2*1-2/h7,10,18H,4-6,8-9,11-15H2,1-3H3;1-2H3;2H,1H3. The summed E-state index contributed by atoms with van der Waals surface area (Å²) in [6.07, 6.45) is 6.38. The zero-order valence-corrected chi connectivity index (χ0v) is 29.0. The summed E-state index contributed by atoms with van der Waals surface area (Å²) in [6, 6.07) is 4.29. The van der Waals surface area contributed by atoms with E-state index in [1.807, 2.05) is 25.0 Å². The maximum atomic E-state index is 15.6. The third-order valence-electron chi connectivity index (χ3n) is 8.43. The average molecular weight is 721 g/mol. The molecule has 9 nitrogen and oxygen atoms in total. The van der Waals surface area contributed by atoms with Gasteiger partial charge in [0.25, 0.3) is 0 Å². The number of hydrogen-bond acceptors (Lipinski definition) is 8. The highest BCUT2D eigenvalue weighted by Gasteiger charge is 2.35. The highest BCUT2D eigenvalue weighted by molar-refractivity contribution is 14.2. The van der Waals surface area contributed by atoms with Crippen LogP contribution in [0.15, 0.2) is 12.1 Å². The van der Waals surface area contributed by atoms with Gasteiger partial charge in [-0.15, -0.1) is 0 Å². The lowest BCUT2D eigenvalue weighted by Crippen LogP contribution is -2.37. The van der Waals surface area contributed by atoms with Crippen LogP contribution < -0.4 is 9.80 Å². The first-order valence-corrected chi connectivity index (χ1v) is 18.6. The van der Waals surface area contributed by atoms with Gasteiger partial charge in [-0.05, 0) is 57.6 Å². The molecule has 232 valence electrons. The number of benzene rings is 1. The number of fused-ring (bicyclic) bond motifs is 2. The molecule has 3 aromatic heterocycles. The molecular weight excluding hydrogens is 678 g/mol. The first-order chi connectivity index (χ1) is 20.9. The number of aliphatic hydroxyl groups is 1. The van der Waals surface area contributed by atoms with Crippen molar-refractivity contribution in [3.63, 3.8) is 0 Å². The fraction of sp³-hybridized carbons (Fsp3) is 0.548. The second-order valence-corrected chi connectivity index (χ2v) is 12.8. The van der Waals surface area contributed by atoms with E-state index in [4.69, 9.17) is 20.2 Å². The first kappa shape index (κ1) is 32.0. The monoisotopic (exact) mass is 720 g/mol. The summed E-state index contributed by atoms with van der Waals surface area (Å²) in [5, 5.41) is 17.5. The number of nitrogens with zero attached hydrogens (tertiary/aromatic N) is 8. The molecule has 0 spiro atoms. The van der Waals surface area contributed by atoms with Crippen LogP contribution in [0.3, 0.4) is 0 Å². The Balaban J connectivity index is 0.000000885. The molecule has 5 heterocycles. The third-order valence-corrected chi connectivity index (χ3v) is 9.96. The van der Waals surface area contributed by atoms with Crippen molar-refractivity contribution in [2.24, 2.45) is 7.05 Å². The fourth-order valence-corrected chi connectivity index (χ4v) is 7.61.